The Hall–Kier alpha value is -1.20. The summed E-state index contributed by atoms with van der Waals surface area (Å²) in [6.45, 7) is 8.31. The first kappa shape index (κ1) is 14.2. The largest absolute Gasteiger partial charge is 0.329 e. The molecule has 104 valence electrons. The first-order valence-corrected chi connectivity index (χ1v) is 7.20. The molecular weight excluding hydrogens is 256 g/mol. The third-order valence-corrected chi connectivity index (χ3v) is 4.10. The number of aromatic amines is 1. The molecule has 2 heterocycles. The highest BCUT2D eigenvalue weighted by Crippen LogP contribution is 2.13. The van der Waals surface area contributed by atoms with E-state index < -0.39 is 0 Å². The van der Waals surface area contributed by atoms with Gasteiger partial charge in [-0.3, -0.25) is 0 Å². The standard InChI is InChI=1S/C14H22N4S/c1-5-11(3)17(4)8-9-18-13-12(16-14(18)19)7-6-10(2)15-13/h6-7,11H,5,8-9H2,1-4H3,(H,16,19). The molecule has 0 aliphatic rings. The molecule has 0 aliphatic carbocycles. The van der Waals surface area contributed by atoms with Crippen LogP contribution in [0.5, 0.6) is 0 Å². The summed E-state index contributed by atoms with van der Waals surface area (Å²) in [6.07, 6.45) is 1.16. The van der Waals surface area contributed by atoms with Crippen LogP contribution < -0.4 is 0 Å². The Morgan fingerprint density at radius 1 is 1.47 bits per heavy atom. The van der Waals surface area contributed by atoms with Crippen molar-refractivity contribution in [3.63, 3.8) is 0 Å². The van der Waals surface area contributed by atoms with Crippen molar-refractivity contribution < 1.29 is 0 Å². The van der Waals surface area contributed by atoms with Crippen molar-refractivity contribution in [1.82, 2.24) is 19.4 Å². The molecule has 19 heavy (non-hydrogen) atoms. The van der Waals surface area contributed by atoms with Gasteiger partial charge in [-0.1, -0.05) is 6.92 Å². The maximum absolute atomic E-state index is 5.39. The fourth-order valence-electron chi connectivity index (χ4n) is 2.12. The summed E-state index contributed by atoms with van der Waals surface area (Å²) in [5.41, 5.74) is 3.00. The van der Waals surface area contributed by atoms with Gasteiger partial charge in [-0.2, -0.15) is 0 Å². The van der Waals surface area contributed by atoms with Gasteiger partial charge in [0.2, 0.25) is 0 Å². The lowest BCUT2D eigenvalue weighted by Gasteiger charge is -2.23. The van der Waals surface area contributed by atoms with Crippen LogP contribution in [0.1, 0.15) is 26.0 Å². The van der Waals surface area contributed by atoms with Gasteiger partial charge in [-0.25, -0.2) is 4.98 Å². The van der Waals surface area contributed by atoms with Gasteiger partial charge in [0.1, 0.15) is 0 Å². The topological polar surface area (TPSA) is 36.9 Å². The minimum absolute atomic E-state index is 0.592. The third kappa shape index (κ3) is 3.04. The van der Waals surface area contributed by atoms with Crippen molar-refractivity contribution in [3.8, 4) is 0 Å². The predicted octanol–water partition coefficient (Wildman–Crippen LogP) is 3.13. The molecule has 0 radical (unpaired) electrons. The SMILES string of the molecule is CCC(C)N(C)CCn1c(=S)[nH]c2ccc(C)nc21. The van der Waals surface area contributed by atoms with Crippen LogP contribution >= 0.6 is 12.2 Å². The highest BCUT2D eigenvalue weighted by atomic mass is 32.1. The molecule has 5 heteroatoms. The zero-order chi connectivity index (χ0) is 14.0. The molecule has 0 aliphatic heterocycles. The minimum atomic E-state index is 0.592. The lowest BCUT2D eigenvalue weighted by atomic mass is 10.2. The average molecular weight is 278 g/mol. The van der Waals surface area contributed by atoms with Crippen LogP contribution in [-0.4, -0.2) is 39.1 Å². The monoisotopic (exact) mass is 278 g/mol. The zero-order valence-electron chi connectivity index (χ0n) is 12.1. The molecule has 0 amide bonds. The minimum Gasteiger partial charge on any atom is -0.329 e. The second-order valence-electron chi connectivity index (χ2n) is 5.14. The lowest BCUT2D eigenvalue weighted by Crippen LogP contribution is -2.31. The summed E-state index contributed by atoms with van der Waals surface area (Å²) in [4.78, 5) is 10.2. The van der Waals surface area contributed by atoms with Crippen molar-refractivity contribution in [1.29, 1.82) is 0 Å². The molecule has 1 unspecified atom stereocenters. The van der Waals surface area contributed by atoms with Crippen LogP contribution in [0.4, 0.5) is 0 Å². The van der Waals surface area contributed by atoms with Crippen molar-refractivity contribution in [2.75, 3.05) is 13.6 Å². The normalized spacial score (nSPS) is 13.3. The van der Waals surface area contributed by atoms with Crippen LogP contribution in [0.15, 0.2) is 12.1 Å². The Labute approximate surface area is 119 Å². The molecule has 0 spiro atoms. The van der Waals surface area contributed by atoms with Crippen LogP contribution in [0.2, 0.25) is 0 Å². The second-order valence-corrected chi connectivity index (χ2v) is 5.53. The van der Waals surface area contributed by atoms with Gasteiger partial charge in [0.05, 0.1) is 5.52 Å². The van der Waals surface area contributed by atoms with E-state index in [1.165, 1.54) is 0 Å². The summed E-state index contributed by atoms with van der Waals surface area (Å²) in [7, 11) is 2.16. The van der Waals surface area contributed by atoms with E-state index in [1.54, 1.807) is 0 Å². The van der Waals surface area contributed by atoms with E-state index in [4.69, 9.17) is 12.2 Å². The van der Waals surface area contributed by atoms with Crippen LogP contribution in [0.25, 0.3) is 11.2 Å². The highest BCUT2D eigenvalue weighted by molar-refractivity contribution is 7.71. The maximum atomic E-state index is 5.39. The molecule has 2 rings (SSSR count). The second kappa shape index (κ2) is 5.84. The Morgan fingerprint density at radius 2 is 2.21 bits per heavy atom. The van der Waals surface area contributed by atoms with Gasteiger partial charge in [-0.05, 0) is 51.7 Å². The van der Waals surface area contributed by atoms with Crippen molar-refractivity contribution >= 4 is 23.4 Å². The molecule has 1 atom stereocenters. The molecular formula is C14H22N4S. The number of hydrogen-bond donors (Lipinski definition) is 1. The number of likely N-dealkylation sites (N-methyl/N-ethyl adjacent to an activating group) is 1. The molecule has 0 bridgehead atoms. The van der Waals surface area contributed by atoms with E-state index in [0.717, 1.165) is 41.1 Å². The fourth-order valence-corrected chi connectivity index (χ4v) is 2.41. The Bertz CT molecular complexity index is 613. The number of imidazole rings is 1. The Kier molecular flexibility index (Phi) is 4.37. The van der Waals surface area contributed by atoms with Crippen molar-refractivity contribution in [2.45, 2.75) is 39.8 Å². The summed E-state index contributed by atoms with van der Waals surface area (Å²) in [6, 6.07) is 4.64. The van der Waals surface area contributed by atoms with Gasteiger partial charge in [-0.15, -0.1) is 0 Å². The number of rotatable bonds is 5. The molecule has 0 aromatic carbocycles. The lowest BCUT2D eigenvalue weighted by molar-refractivity contribution is 0.243. The summed E-state index contributed by atoms with van der Waals surface area (Å²) in [5, 5.41) is 0. The maximum Gasteiger partial charge on any atom is 0.179 e. The summed E-state index contributed by atoms with van der Waals surface area (Å²) >= 11 is 5.39. The third-order valence-electron chi connectivity index (χ3n) is 3.78. The Morgan fingerprint density at radius 3 is 2.89 bits per heavy atom. The molecule has 1 N–H and O–H groups in total. The van der Waals surface area contributed by atoms with Crippen LogP contribution in [-0.2, 0) is 6.54 Å². The van der Waals surface area contributed by atoms with Gasteiger partial charge >= 0.3 is 0 Å². The van der Waals surface area contributed by atoms with E-state index >= 15 is 0 Å². The summed E-state index contributed by atoms with van der Waals surface area (Å²) in [5.74, 6) is 0. The van der Waals surface area contributed by atoms with Gasteiger partial charge in [0, 0.05) is 24.8 Å². The van der Waals surface area contributed by atoms with E-state index in [9.17, 15) is 0 Å². The molecule has 2 aromatic rings. The molecule has 0 saturated carbocycles. The van der Waals surface area contributed by atoms with E-state index in [2.05, 4.69) is 40.3 Å². The molecule has 0 fully saturated rings. The quantitative estimate of drug-likeness (QED) is 0.854. The first-order chi connectivity index (χ1) is 9.02. The smallest absolute Gasteiger partial charge is 0.179 e. The average Bonchev–Trinajstić information content (AvgIpc) is 2.70. The fraction of sp³-hybridized carbons (Fsp3) is 0.571. The van der Waals surface area contributed by atoms with Gasteiger partial charge in [0.25, 0.3) is 0 Å². The predicted molar refractivity (Wildman–Crippen MR) is 82.0 cm³/mol. The highest BCUT2D eigenvalue weighted by Gasteiger charge is 2.09. The number of aryl methyl sites for hydroxylation is 1. The molecule has 4 nitrogen and oxygen atoms in total. The van der Waals surface area contributed by atoms with Crippen molar-refractivity contribution in [2.24, 2.45) is 0 Å². The Balaban J connectivity index is 2.23. The zero-order valence-corrected chi connectivity index (χ0v) is 12.9. The van der Waals surface area contributed by atoms with E-state index in [-0.39, 0.29) is 0 Å². The first-order valence-electron chi connectivity index (χ1n) is 6.79. The number of H-pyrrole nitrogens is 1. The number of nitrogens with zero attached hydrogens (tertiary/aromatic N) is 3. The number of hydrogen-bond acceptors (Lipinski definition) is 3. The summed E-state index contributed by atoms with van der Waals surface area (Å²) < 4.78 is 2.85. The van der Waals surface area contributed by atoms with Gasteiger partial charge < -0.3 is 14.5 Å². The number of nitrogens with one attached hydrogen (secondary N) is 1. The number of fused-ring (bicyclic) bond motifs is 1. The van der Waals surface area contributed by atoms with E-state index in [1.807, 2.05) is 19.1 Å². The van der Waals surface area contributed by atoms with Gasteiger partial charge in [0.15, 0.2) is 10.4 Å². The number of pyridine rings is 1. The number of aromatic nitrogens is 3. The van der Waals surface area contributed by atoms with Crippen LogP contribution in [0.3, 0.4) is 0 Å². The molecule has 0 saturated heterocycles. The van der Waals surface area contributed by atoms with Crippen molar-refractivity contribution in [3.05, 3.63) is 22.6 Å². The molecule has 2 aromatic heterocycles. The van der Waals surface area contributed by atoms with E-state index in [0.29, 0.717) is 6.04 Å². The van der Waals surface area contributed by atoms with Crippen LogP contribution in [0, 0.1) is 11.7 Å².